The zero-order valence-electron chi connectivity index (χ0n) is 12.5. The highest BCUT2D eigenvalue weighted by Crippen LogP contribution is 2.39. The molecule has 1 unspecified atom stereocenters. The lowest BCUT2D eigenvalue weighted by Gasteiger charge is -2.27. The number of halogens is 1. The zero-order chi connectivity index (χ0) is 13.8. The van der Waals surface area contributed by atoms with Crippen molar-refractivity contribution in [1.82, 2.24) is 0 Å². The van der Waals surface area contributed by atoms with Crippen molar-refractivity contribution in [3.05, 3.63) is 35.4 Å². The Bertz CT molecular complexity index is 396. The minimum Gasteiger partial charge on any atom is -0.118 e. The summed E-state index contributed by atoms with van der Waals surface area (Å²) in [6, 6.07) is 9.31. The van der Waals surface area contributed by atoms with E-state index in [2.05, 4.69) is 24.3 Å². The predicted octanol–water partition coefficient (Wildman–Crippen LogP) is 6.59. The summed E-state index contributed by atoms with van der Waals surface area (Å²) < 4.78 is 0. The lowest BCUT2D eigenvalue weighted by molar-refractivity contribution is 0.348. The van der Waals surface area contributed by atoms with Gasteiger partial charge in [0, 0.05) is 0 Å². The van der Waals surface area contributed by atoms with Gasteiger partial charge in [-0.2, -0.15) is 0 Å². The van der Waals surface area contributed by atoms with E-state index in [4.69, 9.17) is 11.6 Å². The average Bonchev–Trinajstić information content (AvgIpc) is 2.56. The van der Waals surface area contributed by atoms with Gasteiger partial charge in [-0.3, -0.25) is 0 Å². The number of hydrogen-bond acceptors (Lipinski definition) is 0. The van der Waals surface area contributed by atoms with Crippen LogP contribution in [0.15, 0.2) is 24.3 Å². The molecule has 1 heteroatoms. The average molecular weight is 291 g/mol. The van der Waals surface area contributed by atoms with Crippen molar-refractivity contribution in [1.29, 1.82) is 0 Å². The van der Waals surface area contributed by atoms with Gasteiger partial charge in [0.1, 0.15) is 0 Å². The maximum absolute atomic E-state index is 6.72. The minimum absolute atomic E-state index is 0.232. The molecular weight excluding hydrogens is 264 g/mol. The Balaban J connectivity index is 1.65. The number of hydrogen-bond donors (Lipinski definition) is 0. The van der Waals surface area contributed by atoms with Crippen LogP contribution in [0.3, 0.4) is 0 Å². The second kappa shape index (κ2) is 6.98. The van der Waals surface area contributed by atoms with E-state index >= 15 is 0 Å². The van der Waals surface area contributed by atoms with Crippen LogP contribution in [0.2, 0.25) is 0 Å². The molecule has 2 aliphatic carbocycles. The summed E-state index contributed by atoms with van der Waals surface area (Å²) in [5.41, 5.74) is 2.89. The number of benzene rings is 1. The summed E-state index contributed by atoms with van der Waals surface area (Å²) in [6.45, 7) is 0. The molecule has 0 heterocycles. The van der Waals surface area contributed by atoms with Gasteiger partial charge < -0.3 is 0 Å². The molecule has 0 amide bonds. The standard InChI is InChI=1S/C19H27Cl/c20-19(17-9-5-2-6-10-17)18-13-11-16(12-14-18)15-7-3-1-4-8-15/h11-15,17,19H,1-10H2. The van der Waals surface area contributed by atoms with Crippen LogP contribution in [0.25, 0.3) is 0 Å². The highest BCUT2D eigenvalue weighted by atomic mass is 35.5. The molecule has 3 rings (SSSR count). The van der Waals surface area contributed by atoms with E-state index < -0.39 is 0 Å². The SMILES string of the molecule is ClC(c1ccc(C2CCCCC2)cc1)C1CCCCC1. The smallest absolute Gasteiger partial charge is 0.0613 e. The summed E-state index contributed by atoms with van der Waals surface area (Å²) in [5, 5.41) is 0.232. The Hall–Kier alpha value is -0.490. The van der Waals surface area contributed by atoms with E-state index in [0.717, 1.165) is 5.92 Å². The third kappa shape index (κ3) is 3.39. The van der Waals surface area contributed by atoms with Gasteiger partial charge in [0.2, 0.25) is 0 Å². The van der Waals surface area contributed by atoms with Crippen LogP contribution in [0.1, 0.15) is 86.6 Å². The monoisotopic (exact) mass is 290 g/mol. The molecule has 0 radical (unpaired) electrons. The van der Waals surface area contributed by atoms with Crippen molar-refractivity contribution in [3.8, 4) is 0 Å². The second-order valence-corrected chi connectivity index (χ2v) is 7.27. The molecule has 0 N–H and O–H groups in total. The molecule has 0 nitrogen and oxygen atoms in total. The molecule has 2 aliphatic rings. The molecule has 1 aromatic rings. The van der Waals surface area contributed by atoms with Crippen LogP contribution >= 0.6 is 11.6 Å². The van der Waals surface area contributed by atoms with E-state index in [0.29, 0.717) is 5.92 Å². The van der Waals surface area contributed by atoms with Gasteiger partial charge in [-0.05, 0) is 48.6 Å². The van der Waals surface area contributed by atoms with Crippen LogP contribution in [0.5, 0.6) is 0 Å². The first kappa shape index (κ1) is 14.4. The van der Waals surface area contributed by atoms with Gasteiger partial charge in [-0.1, -0.05) is 62.8 Å². The molecular formula is C19H27Cl. The topological polar surface area (TPSA) is 0 Å². The van der Waals surface area contributed by atoms with Gasteiger partial charge in [-0.15, -0.1) is 11.6 Å². The molecule has 0 saturated heterocycles. The lowest BCUT2D eigenvalue weighted by atomic mass is 9.82. The van der Waals surface area contributed by atoms with E-state index in [1.807, 2.05) is 0 Å². The number of rotatable bonds is 3. The van der Waals surface area contributed by atoms with Crippen LogP contribution in [-0.4, -0.2) is 0 Å². The fraction of sp³-hybridized carbons (Fsp3) is 0.684. The lowest BCUT2D eigenvalue weighted by Crippen LogP contribution is -2.12. The van der Waals surface area contributed by atoms with Gasteiger partial charge in [-0.25, -0.2) is 0 Å². The van der Waals surface area contributed by atoms with Crippen molar-refractivity contribution in [2.45, 2.75) is 75.5 Å². The van der Waals surface area contributed by atoms with Crippen LogP contribution < -0.4 is 0 Å². The third-order valence-corrected chi connectivity index (χ3v) is 6.00. The van der Waals surface area contributed by atoms with Gasteiger partial charge in [0.25, 0.3) is 0 Å². The number of alkyl halides is 1. The van der Waals surface area contributed by atoms with Gasteiger partial charge in [0.05, 0.1) is 5.38 Å². The first-order valence-electron chi connectivity index (χ1n) is 8.58. The molecule has 2 saturated carbocycles. The Morgan fingerprint density at radius 2 is 1.30 bits per heavy atom. The quantitative estimate of drug-likeness (QED) is 0.551. The van der Waals surface area contributed by atoms with E-state index in [-0.39, 0.29) is 5.38 Å². The van der Waals surface area contributed by atoms with Crippen molar-refractivity contribution < 1.29 is 0 Å². The molecule has 110 valence electrons. The Morgan fingerprint density at radius 1 is 0.750 bits per heavy atom. The van der Waals surface area contributed by atoms with Gasteiger partial charge in [0.15, 0.2) is 0 Å². The van der Waals surface area contributed by atoms with Crippen molar-refractivity contribution in [3.63, 3.8) is 0 Å². The first-order chi connectivity index (χ1) is 9.84. The highest BCUT2D eigenvalue weighted by Gasteiger charge is 2.23. The Labute approximate surface area is 128 Å². The molecule has 1 atom stereocenters. The largest absolute Gasteiger partial charge is 0.118 e. The predicted molar refractivity (Wildman–Crippen MR) is 87.4 cm³/mol. The summed E-state index contributed by atoms with van der Waals surface area (Å²) >= 11 is 6.72. The normalized spacial score (nSPS) is 23.6. The Morgan fingerprint density at radius 3 is 1.90 bits per heavy atom. The van der Waals surface area contributed by atoms with E-state index in [9.17, 15) is 0 Å². The van der Waals surface area contributed by atoms with Gasteiger partial charge >= 0.3 is 0 Å². The fourth-order valence-corrected chi connectivity index (χ4v) is 4.48. The van der Waals surface area contributed by atoms with E-state index in [1.165, 1.54) is 69.8 Å². The van der Waals surface area contributed by atoms with Crippen LogP contribution in [0.4, 0.5) is 0 Å². The van der Waals surface area contributed by atoms with E-state index in [1.54, 1.807) is 5.56 Å². The molecule has 2 fully saturated rings. The second-order valence-electron chi connectivity index (χ2n) is 6.80. The van der Waals surface area contributed by atoms with Crippen molar-refractivity contribution >= 4 is 11.6 Å². The zero-order valence-corrected chi connectivity index (χ0v) is 13.2. The third-order valence-electron chi connectivity index (χ3n) is 5.40. The minimum atomic E-state index is 0.232. The Kier molecular flexibility index (Phi) is 5.04. The highest BCUT2D eigenvalue weighted by molar-refractivity contribution is 6.21. The molecule has 20 heavy (non-hydrogen) atoms. The van der Waals surface area contributed by atoms with Crippen molar-refractivity contribution in [2.75, 3.05) is 0 Å². The van der Waals surface area contributed by atoms with Crippen molar-refractivity contribution in [2.24, 2.45) is 5.92 Å². The maximum atomic E-state index is 6.72. The molecule has 0 aliphatic heterocycles. The van der Waals surface area contributed by atoms with Crippen LogP contribution in [0, 0.1) is 5.92 Å². The summed E-state index contributed by atoms with van der Waals surface area (Å²) in [6.07, 6.45) is 13.8. The molecule has 1 aromatic carbocycles. The molecule has 0 aromatic heterocycles. The summed E-state index contributed by atoms with van der Waals surface area (Å²) in [4.78, 5) is 0. The first-order valence-corrected chi connectivity index (χ1v) is 9.02. The summed E-state index contributed by atoms with van der Waals surface area (Å²) in [7, 11) is 0. The molecule has 0 bridgehead atoms. The maximum Gasteiger partial charge on any atom is 0.0613 e. The molecule has 0 spiro atoms. The summed E-state index contributed by atoms with van der Waals surface area (Å²) in [5.74, 6) is 1.51. The van der Waals surface area contributed by atoms with Crippen LogP contribution in [-0.2, 0) is 0 Å². The fourth-order valence-electron chi connectivity index (χ4n) is 4.09.